The molecule has 1 heterocycles. The largest absolute Gasteiger partial charge is 0.349 e. The van der Waals surface area contributed by atoms with E-state index in [1.54, 1.807) is 17.8 Å². The summed E-state index contributed by atoms with van der Waals surface area (Å²) in [5, 5.41) is 6.91. The zero-order chi connectivity index (χ0) is 10.7. The first-order valence-corrected chi connectivity index (χ1v) is 5.33. The van der Waals surface area contributed by atoms with Crippen LogP contribution in [-0.2, 0) is 18.4 Å². The van der Waals surface area contributed by atoms with Gasteiger partial charge in [-0.1, -0.05) is 15.9 Å². The van der Waals surface area contributed by atoms with Crippen molar-refractivity contribution in [1.82, 2.24) is 15.1 Å². The summed E-state index contributed by atoms with van der Waals surface area (Å²) in [7, 11) is 1.87. The van der Waals surface area contributed by atoms with E-state index < -0.39 is 0 Å². The highest BCUT2D eigenvalue weighted by Gasteiger charge is 2.10. The van der Waals surface area contributed by atoms with Crippen LogP contribution in [0.4, 0.5) is 0 Å². The SMILES string of the molecule is Cc1cnn(C)c1CNC(=O)C(C)Br. The van der Waals surface area contributed by atoms with Gasteiger partial charge in [0.15, 0.2) is 0 Å². The Bertz CT molecular complexity index is 313. The lowest BCUT2D eigenvalue weighted by Crippen LogP contribution is -2.29. The van der Waals surface area contributed by atoms with E-state index in [1.165, 1.54) is 0 Å². The van der Waals surface area contributed by atoms with Gasteiger partial charge in [0, 0.05) is 7.05 Å². The molecule has 0 aliphatic rings. The maximum atomic E-state index is 11.3. The van der Waals surface area contributed by atoms with Crippen LogP contribution in [0.15, 0.2) is 6.20 Å². The van der Waals surface area contributed by atoms with Crippen LogP contribution in [0.2, 0.25) is 0 Å². The highest BCUT2D eigenvalue weighted by atomic mass is 79.9. The molecule has 0 radical (unpaired) electrons. The molecule has 0 aromatic carbocycles. The van der Waals surface area contributed by atoms with E-state index in [4.69, 9.17) is 0 Å². The Morgan fingerprint density at radius 1 is 1.79 bits per heavy atom. The van der Waals surface area contributed by atoms with Gasteiger partial charge in [0.25, 0.3) is 0 Å². The molecule has 1 amide bonds. The molecular weight excluding hydrogens is 246 g/mol. The van der Waals surface area contributed by atoms with Gasteiger partial charge >= 0.3 is 0 Å². The fourth-order valence-corrected chi connectivity index (χ4v) is 1.30. The number of carbonyl (C=O) groups is 1. The van der Waals surface area contributed by atoms with Crippen molar-refractivity contribution >= 4 is 21.8 Å². The fourth-order valence-electron chi connectivity index (χ4n) is 1.14. The van der Waals surface area contributed by atoms with Gasteiger partial charge in [-0.15, -0.1) is 0 Å². The average Bonchev–Trinajstić information content (AvgIpc) is 2.43. The van der Waals surface area contributed by atoms with Crippen molar-refractivity contribution in [2.75, 3.05) is 0 Å². The molecule has 0 aliphatic heterocycles. The normalized spacial score (nSPS) is 12.6. The van der Waals surface area contributed by atoms with Crippen LogP contribution in [0, 0.1) is 6.92 Å². The minimum absolute atomic E-state index is 0.00870. The van der Waals surface area contributed by atoms with Crippen molar-refractivity contribution in [2.24, 2.45) is 7.05 Å². The molecule has 0 fully saturated rings. The number of rotatable bonds is 3. The van der Waals surface area contributed by atoms with Gasteiger partial charge in [0.05, 0.1) is 23.3 Å². The monoisotopic (exact) mass is 259 g/mol. The van der Waals surface area contributed by atoms with Crippen molar-refractivity contribution in [2.45, 2.75) is 25.2 Å². The second kappa shape index (κ2) is 4.59. The summed E-state index contributed by atoms with van der Waals surface area (Å²) < 4.78 is 1.77. The smallest absolute Gasteiger partial charge is 0.233 e. The van der Waals surface area contributed by atoms with Crippen LogP contribution >= 0.6 is 15.9 Å². The van der Waals surface area contributed by atoms with Gasteiger partial charge in [-0.05, 0) is 19.4 Å². The molecule has 0 saturated heterocycles. The number of hydrogen-bond donors (Lipinski definition) is 1. The Balaban J connectivity index is 2.58. The van der Waals surface area contributed by atoms with Crippen molar-refractivity contribution in [3.63, 3.8) is 0 Å². The number of hydrogen-bond acceptors (Lipinski definition) is 2. The molecule has 0 bridgehead atoms. The molecule has 1 atom stereocenters. The molecule has 0 saturated carbocycles. The standard InChI is InChI=1S/C9H14BrN3O/c1-6-4-12-13(3)8(6)5-11-9(14)7(2)10/h4,7H,5H2,1-3H3,(H,11,14). The van der Waals surface area contributed by atoms with Crippen LogP contribution in [0.25, 0.3) is 0 Å². The number of aryl methyl sites for hydroxylation is 2. The van der Waals surface area contributed by atoms with Gasteiger partial charge in [-0.25, -0.2) is 0 Å². The van der Waals surface area contributed by atoms with Crippen molar-refractivity contribution in [3.05, 3.63) is 17.5 Å². The molecule has 1 rings (SSSR count). The van der Waals surface area contributed by atoms with Gasteiger partial charge in [-0.3, -0.25) is 9.48 Å². The highest BCUT2D eigenvalue weighted by Crippen LogP contribution is 2.05. The summed E-state index contributed by atoms with van der Waals surface area (Å²) in [4.78, 5) is 11.1. The predicted molar refractivity (Wildman–Crippen MR) is 58.2 cm³/mol. The zero-order valence-electron chi connectivity index (χ0n) is 8.54. The maximum Gasteiger partial charge on any atom is 0.233 e. The molecule has 5 heteroatoms. The second-order valence-electron chi connectivity index (χ2n) is 3.23. The lowest BCUT2D eigenvalue weighted by molar-refractivity contribution is -0.120. The summed E-state index contributed by atoms with van der Waals surface area (Å²) in [5.74, 6) is -0.00870. The first-order valence-electron chi connectivity index (χ1n) is 4.41. The molecule has 1 unspecified atom stereocenters. The Morgan fingerprint density at radius 2 is 2.43 bits per heavy atom. The van der Waals surface area contributed by atoms with Crippen molar-refractivity contribution < 1.29 is 4.79 Å². The first kappa shape index (κ1) is 11.2. The Kier molecular flexibility index (Phi) is 3.69. The van der Waals surface area contributed by atoms with Gasteiger partial charge < -0.3 is 5.32 Å². The summed E-state index contributed by atoms with van der Waals surface area (Å²) in [6.45, 7) is 4.30. The average molecular weight is 260 g/mol. The fraction of sp³-hybridized carbons (Fsp3) is 0.556. The summed E-state index contributed by atoms with van der Waals surface area (Å²) in [5.41, 5.74) is 2.13. The molecule has 1 aromatic heterocycles. The van der Waals surface area contributed by atoms with E-state index in [9.17, 15) is 4.79 Å². The third kappa shape index (κ3) is 2.57. The van der Waals surface area contributed by atoms with Crippen LogP contribution in [0.5, 0.6) is 0 Å². The van der Waals surface area contributed by atoms with Gasteiger partial charge in [-0.2, -0.15) is 5.10 Å². The molecule has 14 heavy (non-hydrogen) atoms. The third-order valence-electron chi connectivity index (χ3n) is 2.06. The quantitative estimate of drug-likeness (QED) is 0.828. The number of nitrogens with zero attached hydrogens (tertiary/aromatic N) is 2. The molecule has 4 nitrogen and oxygen atoms in total. The number of halogens is 1. The topological polar surface area (TPSA) is 46.9 Å². The first-order chi connectivity index (χ1) is 6.52. The molecule has 0 aliphatic carbocycles. The lowest BCUT2D eigenvalue weighted by Gasteiger charge is -2.07. The summed E-state index contributed by atoms with van der Waals surface area (Å²) >= 11 is 3.21. The van der Waals surface area contributed by atoms with Crippen LogP contribution in [-0.4, -0.2) is 20.5 Å². The van der Waals surface area contributed by atoms with Crippen molar-refractivity contribution in [3.8, 4) is 0 Å². The minimum atomic E-state index is -0.156. The van der Waals surface area contributed by atoms with E-state index >= 15 is 0 Å². The van der Waals surface area contributed by atoms with Crippen LogP contribution < -0.4 is 5.32 Å². The number of amides is 1. The summed E-state index contributed by atoms with van der Waals surface area (Å²) in [6.07, 6.45) is 1.79. The minimum Gasteiger partial charge on any atom is -0.349 e. The Morgan fingerprint density at radius 3 is 2.86 bits per heavy atom. The third-order valence-corrected chi connectivity index (χ3v) is 2.48. The Labute approximate surface area is 91.8 Å². The molecule has 1 N–H and O–H groups in total. The van der Waals surface area contributed by atoms with E-state index in [2.05, 4.69) is 26.3 Å². The second-order valence-corrected chi connectivity index (χ2v) is 4.61. The van der Waals surface area contributed by atoms with E-state index in [1.807, 2.05) is 14.0 Å². The molecule has 0 spiro atoms. The highest BCUT2D eigenvalue weighted by molar-refractivity contribution is 9.10. The predicted octanol–water partition coefficient (Wildman–Crippen LogP) is 1.13. The van der Waals surface area contributed by atoms with E-state index in [0.717, 1.165) is 11.3 Å². The Hall–Kier alpha value is -0.840. The number of carbonyl (C=O) groups excluding carboxylic acids is 1. The number of aromatic nitrogens is 2. The lowest BCUT2D eigenvalue weighted by atomic mass is 10.2. The van der Waals surface area contributed by atoms with Crippen LogP contribution in [0.1, 0.15) is 18.2 Å². The van der Waals surface area contributed by atoms with Gasteiger partial charge in [0.2, 0.25) is 5.91 Å². The maximum absolute atomic E-state index is 11.3. The molecule has 1 aromatic rings. The van der Waals surface area contributed by atoms with Crippen LogP contribution in [0.3, 0.4) is 0 Å². The molecular formula is C9H14BrN3O. The molecule has 78 valence electrons. The summed E-state index contributed by atoms with van der Waals surface area (Å²) in [6, 6.07) is 0. The van der Waals surface area contributed by atoms with Crippen molar-refractivity contribution in [1.29, 1.82) is 0 Å². The van der Waals surface area contributed by atoms with E-state index in [-0.39, 0.29) is 10.7 Å². The van der Waals surface area contributed by atoms with Gasteiger partial charge in [0.1, 0.15) is 0 Å². The number of nitrogens with one attached hydrogen (secondary N) is 1. The number of alkyl halides is 1. The zero-order valence-corrected chi connectivity index (χ0v) is 10.1. The van der Waals surface area contributed by atoms with E-state index in [0.29, 0.717) is 6.54 Å².